The van der Waals surface area contributed by atoms with E-state index in [2.05, 4.69) is 10.6 Å². The zero-order valence-corrected chi connectivity index (χ0v) is 18.4. The Labute approximate surface area is 191 Å². The fourth-order valence-corrected chi connectivity index (χ4v) is 3.54. The molecule has 2 unspecified atom stereocenters. The van der Waals surface area contributed by atoms with Crippen molar-refractivity contribution in [2.24, 2.45) is 0 Å². The van der Waals surface area contributed by atoms with Crippen molar-refractivity contribution < 1.29 is 23.5 Å². The minimum atomic E-state index is -1.05. The quantitative estimate of drug-likeness (QED) is 0.509. The van der Waals surface area contributed by atoms with Gasteiger partial charge in [0, 0.05) is 12.5 Å². The van der Waals surface area contributed by atoms with Crippen molar-refractivity contribution in [3.05, 3.63) is 95.8 Å². The van der Waals surface area contributed by atoms with Crippen molar-refractivity contribution in [2.45, 2.75) is 25.4 Å². The van der Waals surface area contributed by atoms with Crippen molar-refractivity contribution in [3.8, 4) is 11.1 Å². The summed E-state index contributed by atoms with van der Waals surface area (Å²) in [5, 5.41) is 5.24. The molecule has 0 spiro atoms. The Hall–Kier alpha value is -4.00. The molecule has 33 heavy (non-hydrogen) atoms. The summed E-state index contributed by atoms with van der Waals surface area (Å²) in [5.41, 5.74) is 2.70. The van der Waals surface area contributed by atoms with Crippen molar-refractivity contribution in [1.82, 2.24) is 10.6 Å². The maximum atomic E-state index is 14.3. The van der Waals surface area contributed by atoms with E-state index in [1.54, 1.807) is 18.2 Å². The summed E-state index contributed by atoms with van der Waals surface area (Å²) >= 11 is 0. The van der Waals surface area contributed by atoms with E-state index in [-0.39, 0.29) is 12.0 Å². The van der Waals surface area contributed by atoms with Crippen LogP contribution in [0, 0.1) is 5.82 Å². The third kappa shape index (κ3) is 6.26. The third-order valence-electron chi connectivity index (χ3n) is 5.14. The van der Waals surface area contributed by atoms with Gasteiger partial charge < -0.3 is 15.4 Å². The Morgan fingerprint density at radius 1 is 0.848 bits per heavy atom. The number of methoxy groups -OCH3 is 1. The van der Waals surface area contributed by atoms with Gasteiger partial charge in [-0.05, 0) is 22.8 Å². The van der Waals surface area contributed by atoms with Crippen LogP contribution >= 0.6 is 0 Å². The van der Waals surface area contributed by atoms with Gasteiger partial charge in [0.05, 0.1) is 19.6 Å². The first-order valence-electron chi connectivity index (χ1n) is 10.4. The second-order valence-electron chi connectivity index (χ2n) is 7.49. The van der Waals surface area contributed by atoms with E-state index in [9.17, 15) is 18.8 Å². The molecule has 0 radical (unpaired) electrons. The van der Waals surface area contributed by atoms with Crippen LogP contribution in [0.1, 0.15) is 36.6 Å². The van der Waals surface area contributed by atoms with Gasteiger partial charge in [0.2, 0.25) is 11.8 Å². The maximum absolute atomic E-state index is 14.3. The molecule has 0 heterocycles. The van der Waals surface area contributed by atoms with Crippen LogP contribution in [0.4, 0.5) is 4.39 Å². The largest absolute Gasteiger partial charge is 0.467 e. The van der Waals surface area contributed by atoms with Crippen molar-refractivity contribution >= 4 is 17.8 Å². The lowest BCUT2D eigenvalue weighted by Crippen LogP contribution is -2.37. The number of ether oxygens (including phenoxy) is 1. The molecule has 3 rings (SSSR count). The fourth-order valence-electron chi connectivity index (χ4n) is 3.54. The molecule has 2 amide bonds. The van der Waals surface area contributed by atoms with Crippen LogP contribution in [0.3, 0.4) is 0 Å². The first-order chi connectivity index (χ1) is 15.9. The lowest BCUT2D eigenvalue weighted by molar-refractivity contribution is -0.145. The molecule has 3 aromatic carbocycles. The Morgan fingerprint density at radius 3 is 2.06 bits per heavy atom. The Bertz CT molecular complexity index is 1120. The molecule has 0 aliphatic rings. The number of benzene rings is 3. The van der Waals surface area contributed by atoms with E-state index in [4.69, 9.17) is 4.74 Å². The van der Waals surface area contributed by atoms with Gasteiger partial charge in [-0.3, -0.25) is 9.59 Å². The summed E-state index contributed by atoms with van der Waals surface area (Å²) in [7, 11) is 1.24. The number of carbonyl (C=O) groups excluding carboxylic acids is 3. The predicted molar refractivity (Wildman–Crippen MR) is 122 cm³/mol. The van der Waals surface area contributed by atoms with Crippen molar-refractivity contribution in [3.63, 3.8) is 0 Å². The number of esters is 1. The molecule has 0 bridgehead atoms. The second-order valence-corrected chi connectivity index (χ2v) is 7.49. The number of carbonyl (C=O) groups is 3. The first-order valence-corrected chi connectivity index (χ1v) is 10.4. The zero-order valence-electron chi connectivity index (χ0n) is 18.4. The molecule has 0 saturated carbocycles. The molecule has 0 aromatic heterocycles. The van der Waals surface area contributed by atoms with Crippen LogP contribution in [0.5, 0.6) is 0 Å². The number of rotatable bonds is 8. The van der Waals surface area contributed by atoms with Gasteiger partial charge in [-0.1, -0.05) is 72.8 Å². The highest BCUT2D eigenvalue weighted by molar-refractivity contribution is 5.86. The van der Waals surface area contributed by atoms with Crippen molar-refractivity contribution in [2.75, 3.05) is 7.11 Å². The topological polar surface area (TPSA) is 84.5 Å². The standard InChI is InChI=1S/C26H25FN2O4/c1-17(30)28-23(21-10-6-7-11-22(21)27)16-24(31)29-25(26(32)33-2)20-14-12-19(13-15-20)18-8-4-3-5-9-18/h3-15,23,25H,16H2,1-2H3,(H,28,30)(H,29,31). The van der Waals surface area contributed by atoms with Crippen LogP contribution in [0.15, 0.2) is 78.9 Å². The lowest BCUT2D eigenvalue weighted by atomic mass is 9.99. The summed E-state index contributed by atoms with van der Waals surface area (Å²) in [5.74, 6) is -2.13. The minimum absolute atomic E-state index is 0.185. The van der Waals surface area contributed by atoms with E-state index >= 15 is 0 Å². The fraction of sp³-hybridized carbons (Fsp3) is 0.192. The van der Waals surface area contributed by atoms with Gasteiger partial charge in [0.15, 0.2) is 6.04 Å². The molecule has 2 N–H and O–H groups in total. The Morgan fingerprint density at radius 2 is 1.45 bits per heavy atom. The molecule has 170 valence electrons. The molecule has 3 aromatic rings. The highest BCUT2D eigenvalue weighted by Gasteiger charge is 2.26. The molecule has 2 atom stereocenters. The van der Waals surface area contributed by atoms with Gasteiger partial charge in [-0.25, -0.2) is 9.18 Å². The average molecular weight is 448 g/mol. The Balaban J connectivity index is 1.79. The summed E-state index contributed by atoms with van der Waals surface area (Å²) in [6.45, 7) is 1.29. The number of hydrogen-bond acceptors (Lipinski definition) is 4. The van der Waals surface area contributed by atoms with Gasteiger partial charge in [0.1, 0.15) is 5.82 Å². The molecule has 0 aliphatic carbocycles. The van der Waals surface area contributed by atoms with Gasteiger partial charge >= 0.3 is 5.97 Å². The van der Waals surface area contributed by atoms with Crippen LogP contribution in [-0.2, 0) is 19.1 Å². The smallest absolute Gasteiger partial charge is 0.333 e. The molecule has 0 fully saturated rings. The second kappa shape index (κ2) is 11.0. The minimum Gasteiger partial charge on any atom is -0.467 e. The van der Waals surface area contributed by atoms with Gasteiger partial charge in [0.25, 0.3) is 0 Å². The molecule has 6 nitrogen and oxygen atoms in total. The number of nitrogens with one attached hydrogen (secondary N) is 2. The van der Waals surface area contributed by atoms with Crippen LogP contribution in [-0.4, -0.2) is 24.9 Å². The molecular formula is C26H25FN2O4. The van der Waals surface area contributed by atoms with Crippen LogP contribution in [0.2, 0.25) is 0 Å². The van der Waals surface area contributed by atoms with E-state index in [0.29, 0.717) is 5.56 Å². The molecule has 0 saturated heterocycles. The highest BCUT2D eigenvalue weighted by atomic mass is 19.1. The van der Waals surface area contributed by atoms with Crippen LogP contribution in [0.25, 0.3) is 11.1 Å². The normalized spacial score (nSPS) is 12.3. The van der Waals surface area contributed by atoms with E-state index < -0.39 is 35.7 Å². The lowest BCUT2D eigenvalue weighted by Gasteiger charge is -2.21. The first kappa shape index (κ1) is 23.7. The summed E-state index contributed by atoms with van der Waals surface area (Å²) in [6.07, 6.45) is -0.254. The maximum Gasteiger partial charge on any atom is 0.333 e. The summed E-state index contributed by atoms with van der Waals surface area (Å²) in [6, 6.07) is 20.9. The van der Waals surface area contributed by atoms with Crippen molar-refractivity contribution in [1.29, 1.82) is 0 Å². The van der Waals surface area contributed by atoms with Crippen LogP contribution < -0.4 is 10.6 Å². The average Bonchev–Trinajstić information content (AvgIpc) is 2.82. The van der Waals surface area contributed by atoms with Gasteiger partial charge in [-0.2, -0.15) is 0 Å². The van der Waals surface area contributed by atoms with E-state index in [0.717, 1.165) is 11.1 Å². The third-order valence-corrected chi connectivity index (χ3v) is 5.14. The van der Waals surface area contributed by atoms with Gasteiger partial charge in [-0.15, -0.1) is 0 Å². The molecule has 0 aliphatic heterocycles. The zero-order chi connectivity index (χ0) is 23.8. The monoisotopic (exact) mass is 448 g/mol. The van der Waals surface area contributed by atoms with E-state index in [1.165, 1.54) is 32.2 Å². The number of hydrogen-bond donors (Lipinski definition) is 2. The predicted octanol–water partition coefficient (Wildman–Crippen LogP) is 4.09. The Kier molecular flexibility index (Phi) is 7.91. The number of amides is 2. The van der Waals surface area contributed by atoms with E-state index in [1.807, 2.05) is 42.5 Å². The summed E-state index contributed by atoms with van der Waals surface area (Å²) in [4.78, 5) is 36.9. The SMILES string of the molecule is COC(=O)C(NC(=O)CC(NC(C)=O)c1ccccc1F)c1ccc(-c2ccccc2)cc1. The molecular weight excluding hydrogens is 423 g/mol. The highest BCUT2D eigenvalue weighted by Crippen LogP contribution is 2.24. The molecule has 7 heteroatoms. The number of halogens is 1. The summed E-state index contributed by atoms with van der Waals surface area (Å²) < 4.78 is 19.1.